The second-order valence-corrected chi connectivity index (χ2v) is 5.12. The van der Waals surface area contributed by atoms with Gasteiger partial charge in [0.2, 0.25) is 0 Å². The molecule has 5 nitrogen and oxygen atoms in total. The molecule has 0 aliphatic carbocycles. The Morgan fingerprint density at radius 1 is 1.35 bits per heavy atom. The quantitative estimate of drug-likeness (QED) is 0.791. The number of benzene rings is 1. The molecule has 0 N–H and O–H groups in total. The van der Waals surface area contributed by atoms with Gasteiger partial charge in [-0.25, -0.2) is 0 Å². The molecule has 1 unspecified atom stereocenters. The van der Waals surface area contributed by atoms with Crippen molar-refractivity contribution >= 4 is 28.5 Å². The van der Waals surface area contributed by atoms with E-state index < -0.39 is 0 Å². The second-order valence-electron chi connectivity index (χ2n) is 4.50. The number of rotatable bonds is 5. The average Bonchev–Trinajstić information content (AvgIpc) is 2.46. The molecule has 2 rings (SSSR count). The van der Waals surface area contributed by atoms with Crippen molar-refractivity contribution in [1.29, 1.82) is 0 Å². The van der Waals surface area contributed by atoms with Crippen molar-refractivity contribution in [3.63, 3.8) is 0 Å². The number of nitrogens with zero attached hydrogens (tertiary/aromatic N) is 3. The summed E-state index contributed by atoms with van der Waals surface area (Å²) in [6.07, 6.45) is 3.23. The largest absolute Gasteiger partial charge is 0.383 e. The molecule has 0 saturated carbocycles. The van der Waals surface area contributed by atoms with Crippen molar-refractivity contribution in [1.82, 2.24) is 14.9 Å². The van der Waals surface area contributed by atoms with E-state index >= 15 is 0 Å². The number of fused-ring (bicyclic) bond motifs is 1. The van der Waals surface area contributed by atoms with Gasteiger partial charge in [0, 0.05) is 38.7 Å². The first-order valence-corrected chi connectivity index (χ1v) is 6.64. The lowest BCUT2D eigenvalue weighted by molar-refractivity contribution is 0.0782. The minimum absolute atomic E-state index is 0.0979. The maximum absolute atomic E-state index is 12.3. The topological polar surface area (TPSA) is 55.3 Å². The third-order valence-electron chi connectivity index (χ3n) is 2.88. The summed E-state index contributed by atoms with van der Waals surface area (Å²) in [6, 6.07) is 5.27. The summed E-state index contributed by atoms with van der Waals surface area (Å²) in [4.78, 5) is 22.3. The number of amides is 1. The van der Waals surface area contributed by atoms with Gasteiger partial charge in [0.25, 0.3) is 5.91 Å². The maximum Gasteiger partial charge on any atom is 0.253 e. The van der Waals surface area contributed by atoms with Gasteiger partial charge in [-0.2, -0.15) is 0 Å². The van der Waals surface area contributed by atoms with E-state index in [0.717, 1.165) is 5.52 Å². The number of hydrogen-bond donors (Lipinski definition) is 0. The Kier molecular flexibility index (Phi) is 4.87. The Morgan fingerprint density at radius 2 is 2.05 bits per heavy atom. The smallest absolute Gasteiger partial charge is 0.253 e. The Morgan fingerprint density at radius 3 is 2.75 bits per heavy atom. The number of carbonyl (C=O) groups is 1. The molecule has 0 bridgehead atoms. The highest BCUT2D eigenvalue weighted by Gasteiger charge is 2.16. The Labute approximate surface area is 122 Å². The first-order chi connectivity index (χ1) is 9.61. The van der Waals surface area contributed by atoms with E-state index in [1.807, 2.05) is 0 Å². The van der Waals surface area contributed by atoms with Crippen LogP contribution in [-0.4, -0.2) is 53.5 Å². The first kappa shape index (κ1) is 14.7. The van der Waals surface area contributed by atoms with Gasteiger partial charge in [-0.15, -0.1) is 11.6 Å². The predicted molar refractivity (Wildman–Crippen MR) is 78.0 cm³/mol. The van der Waals surface area contributed by atoms with Crippen LogP contribution in [0, 0.1) is 0 Å². The molecule has 2 aromatic rings. The molecule has 6 heteroatoms. The summed E-state index contributed by atoms with van der Waals surface area (Å²) in [7, 11) is 3.30. The first-order valence-electron chi connectivity index (χ1n) is 6.21. The highest BCUT2D eigenvalue weighted by atomic mass is 35.5. The summed E-state index contributed by atoms with van der Waals surface area (Å²) in [6.45, 7) is 0.828. The van der Waals surface area contributed by atoms with E-state index in [1.54, 1.807) is 49.7 Å². The lowest BCUT2D eigenvalue weighted by atomic mass is 10.1. The van der Waals surface area contributed by atoms with Gasteiger partial charge in [0.1, 0.15) is 0 Å². The molecular formula is C14H16ClN3O2. The highest BCUT2D eigenvalue weighted by Crippen LogP contribution is 2.13. The van der Waals surface area contributed by atoms with E-state index in [1.165, 1.54) is 0 Å². The Balaban J connectivity index is 2.14. The fourth-order valence-electron chi connectivity index (χ4n) is 1.93. The van der Waals surface area contributed by atoms with Crippen LogP contribution in [-0.2, 0) is 4.74 Å². The summed E-state index contributed by atoms with van der Waals surface area (Å²) in [5.41, 5.74) is 2.04. The molecule has 0 fully saturated rings. The molecule has 0 spiro atoms. The molecule has 0 radical (unpaired) electrons. The monoisotopic (exact) mass is 293 g/mol. The molecule has 0 saturated heterocycles. The SMILES string of the molecule is COCC(Cl)CN(C)C(=O)c1ccc2nccnc2c1. The number of aromatic nitrogens is 2. The summed E-state index contributed by atoms with van der Waals surface area (Å²) in [5, 5.41) is -0.228. The predicted octanol–water partition coefficient (Wildman–Crippen LogP) is 1.96. The van der Waals surface area contributed by atoms with E-state index in [0.29, 0.717) is 24.2 Å². The summed E-state index contributed by atoms with van der Waals surface area (Å²) in [5.74, 6) is -0.0979. The zero-order chi connectivity index (χ0) is 14.5. The van der Waals surface area contributed by atoms with Gasteiger partial charge >= 0.3 is 0 Å². The zero-order valence-electron chi connectivity index (χ0n) is 11.4. The zero-order valence-corrected chi connectivity index (χ0v) is 12.2. The van der Waals surface area contributed by atoms with Crippen LogP contribution in [0.25, 0.3) is 11.0 Å². The molecule has 1 aromatic carbocycles. The van der Waals surface area contributed by atoms with Crippen molar-refractivity contribution in [3.8, 4) is 0 Å². The number of carbonyl (C=O) groups excluding carboxylic acids is 1. The Bertz CT molecular complexity index is 606. The van der Waals surface area contributed by atoms with Gasteiger partial charge in [-0.1, -0.05) is 0 Å². The minimum Gasteiger partial charge on any atom is -0.383 e. The van der Waals surface area contributed by atoms with E-state index in [-0.39, 0.29) is 11.3 Å². The van der Waals surface area contributed by atoms with Gasteiger partial charge in [-0.05, 0) is 18.2 Å². The molecular weight excluding hydrogens is 278 g/mol. The normalized spacial score (nSPS) is 12.3. The van der Waals surface area contributed by atoms with Crippen LogP contribution in [0.3, 0.4) is 0 Å². The molecule has 1 atom stereocenters. The van der Waals surface area contributed by atoms with Crippen LogP contribution in [0.2, 0.25) is 0 Å². The molecule has 20 heavy (non-hydrogen) atoms. The van der Waals surface area contributed by atoms with Crippen molar-refractivity contribution in [2.75, 3.05) is 27.3 Å². The van der Waals surface area contributed by atoms with Gasteiger partial charge in [-0.3, -0.25) is 14.8 Å². The van der Waals surface area contributed by atoms with E-state index in [2.05, 4.69) is 9.97 Å². The Hall–Kier alpha value is -1.72. The third kappa shape index (κ3) is 3.43. The van der Waals surface area contributed by atoms with Crippen LogP contribution >= 0.6 is 11.6 Å². The van der Waals surface area contributed by atoms with Crippen molar-refractivity contribution in [3.05, 3.63) is 36.2 Å². The maximum atomic E-state index is 12.3. The minimum atomic E-state index is -0.228. The highest BCUT2D eigenvalue weighted by molar-refractivity contribution is 6.21. The summed E-state index contributed by atoms with van der Waals surface area (Å²) < 4.78 is 4.96. The van der Waals surface area contributed by atoms with Crippen molar-refractivity contribution < 1.29 is 9.53 Å². The lowest BCUT2D eigenvalue weighted by Crippen LogP contribution is -2.33. The van der Waals surface area contributed by atoms with Crippen LogP contribution in [0.1, 0.15) is 10.4 Å². The van der Waals surface area contributed by atoms with Gasteiger partial charge in [0.15, 0.2) is 0 Å². The number of halogens is 1. The van der Waals surface area contributed by atoms with E-state index in [4.69, 9.17) is 16.3 Å². The molecule has 106 valence electrons. The number of ether oxygens (including phenoxy) is 1. The standard InChI is InChI=1S/C14H16ClN3O2/c1-18(8-11(15)9-20-2)14(19)10-3-4-12-13(7-10)17-6-5-16-12/h3-7,11H,8-9H2,1-2H3. The summed E-state index contributed by atoms with van der Waals surface area (Å²) >= 11 is 6.06. The molecule has 0 aliphatic heterocycles. The molecule has 0 aliphatic rings. The van der Waals surface area contributed by atoms with Crippen LogP contribution in [0.4, 0.5) is 0 Å². The molecule has 1 amide bonds. The number of methoxy groups -OCH3 is 1. The van der Waals surface area contributed by atoms with Gasteiger partial charge in [0.05, 0.1) is 23.0 Å². The number of hydrogen-bond acceptors (Lipinski definition) is 4. The second kappa shape index (κ2) is 6.63. The average molecular weight is 294 g/mol. The van der Waals surface area contributed by atoms with Crippen molar-refractivity contribution in [2.45, 2.75) is 5.38 Å². The van der Waals surface area contributed by atoms with Crippen molar-refractivity contribution in [2.24, 2.45) is 0 Å². The van der Waals surface area contributed by atoms with Gasteiger partial charge < -0.3 is 9.64 Å². The fourth-order valence-corrected chi connectivity index (χ4v) is 2.26. The third-order valence-corrected chi connectivity index (χ3v) is 3.15. The van der Waals surface area contributed by atoms with Crippen LogP contribution < -0.4 is 0 Å². The van der Waals surface area contributed by atoms with Crippen LogP contribution in [0.15, 0.2) is 30.6 Å². The fraction of sp³-hybridized carbons (Fsp3) is 0.357. The van der Waals surface area contributed by atoms with E-state index in [9.17, 15) is 4.79 Å². The lowest BCUT2D eigenvalue weighted by Gasteiger charge is -2.20. The van der Waals surface area contributed by atoms with Crippen LogP contribution in [0.5, 0.6) is 0 Å². The molecule has 1 aromatic heterocycles. The molecule has 1 heterocycles. The number of alkyl halides is 1.